The fraction of sp³-hybridized carbons (Fsp3) is 0.636. The number of amides is 1. The van der Waals surface area contributed by atoms with E-state index in [1.54, 1.807) is 0 Å². The van der Waals surface area contributed by atoms with Crippen LogP contribution in [0.1, 0.15) is 89.7 Å². The number of esters is 1. The van der Waals surface area contributed by atoms with E-state index >= 15 is 0 Å². The number of hydrogen-bond donors (Lipinski definition) is 1. The molecule has 0 aromatic heterocycles. The molecule has 1 aromatic carbocycles. The Balaban J connectivity index is 2.28. The van der Waals surface area contributed by atoms with Gasteiger partial charge in [-0.25, -0.2) is 0 Å². The van der Waals surface area contributed by atoms with Gasteiger partial charge in [0.2, 0.25) is 6.10 Å². The lowest BCUT2D eigenvalue weighted by molar-refractivity contribution is -0.156. The summed E-state index contributed by atoms with van der Waals surface area (Å²) in [7, 11) is 0. The van der Waals surface area contributed by atoms with E-state index < -0.39 is 6.10 Å². The monoisotopic (exact) mass is 361 g/mol. The molecule has 1 amide bonds. The topological polar surface area (TPSA) is 55.4 Å². The molecule has 0 aliphatic rings. The summed E-state index contributed by atoms with van der Waals surface area (Å²) >= 11 is 0. The third kappa shape index (κ3) is 9.59. The largest absolute Gasteiger partial charge is 0.447 e. The zero-order valence-corrected chi connectivity index (χ0v) is 16.5. The normalized spacial score (nSPS) is 11.8. The molecule has 1 unspecified atom stereocenters. The predicted octanol–water partition coefficient (Wildman–Crippen LogP) is 5.33. The highest BCUT2D eigenvalue weighted by atomic mass is 16.5. The minimum atomic E-state index is -0.859. The molecule has 0 radical (unpaired) electrons. The third-order valence-corrected chi connectivity index (χ3v) is 4.43. The molecular formula is C22H35NO3. The van der Waals surface area contributed by atoms with Crippen LogP contribution >= 0.6 is 0 Å². The van der Waals surface area contributed by atoms with Crippen LogP contribution in [0.15, 0.2) is 30.3 Å². The summed E-state index contributed by atoms with van der Waals surface area (Å²) in [4.78, 5) is 24.4. The number of ether oxygens (including phenoxy) is 1. The van der Waals surface area contributed by atoms with E-state index in [4.69, 9.17) is 4.74 Å². The van der Waals surface area contributed by atoms with Gasteiger partial charge >= 0.3 is 5.97 Å². The van der Waals surface area contributed by atoms with Gasteiger partial charge in [-0.15, -0.1) is 0 Å². The van der Waals surface area contributed by atoms with E-state index in [-0.39, 0.29) is 11.9 Å². The zero-order chi connectivity index (χ0) is 19.0. The molecule has 0 aliphatic heterocycles. The molecule has 1 rings (SSSR count). The van der Waals surface area contributed by atoms with Gasteiger partial charge in [-0.3, -0.25) is 9.59 Å². The Kier molecular flexibility index (Phi) is 12.2. The number of likely N-dealkylation sites (N-methyl/N-ethyl adjacent to an activating group) is 1. The van der Waals surface area contributed by atoms with Crippen LogP contribution in [0, 0.1) is 0 Å². The van der Waals surface area contributed by atoms with Gasteiger partial charge in [0.25, 0.3) is 5.91 Å². The van der Waals surface area contributed by atoms with Gasteiger partial charge in [-0.05, 0) is 13.3 Å². The summed E-state index contributed by atoms with van der Waals surface area (Å²) in [6, 6.07) is 9.19. The maximum Gasteiger partial charge on any atom is 0.306 e. The van der Waals surface area contributed by atoms with Crippen LogP contribution in [-0.2, 0) is 14.3 Å². The van der Waals surface area contributed by atoms with E-state index in [1.165, 1.54) is 38.5 Å². The zero-order valence-electron chi connectivity index (χ0n) is 16.5. The number of carbonyl (C=O) groups excluding carboxylic acids is 2. The number of rotatable bonds is 14. The van der Waals surface area contributed by atoms with Crippen LogP contribution in [-0.4, -0.2) is 18.4 Å². The third-order valence-electron chi connectivity index (χ3n) is 4.43. The molecule has 0 fully saturated rings. The quantitative estimate of drug-likeness (QED) is 0.360. The first-order valence-electron chi connectivity index (χ1n) is 10.2. The van der Waals surface area contributed by atoms with Crippen molar-refractivity contribution in [2.75, 3.05) is 6.54 Å². The van der Waals surface area contributed by atoms with Crippen LogP contribution in [0.25, 0.3) is 0 Å². The molecule has 26 heavy (non-hydrogen) atoms. The average molecular weight is 362 g/mol. The molecule has 0 saturated heterocycles. The summed E-state index contributed by atoms with van der Waals surface area (Å²) in [5.74, 6) is -0.563. The molecule has 1 N–H and O–H groups in total. The molecule has 0 heterocycles. The summed E-state index contributed by atoms with van der Waals surface area (Å²) in [6.07, 6.45) is 10.3. The summed E-state index contributed by atoms with van der Waals surface area (Å²) in [5.41, 5.74) is 0.707. The Morgan fingerprint density at radius 1 is 0.885 bits per heavy atom. The minimum Gasteiger partial charge on any atom is -0.447 e. The van der Waals surface area contributed by atoms with Gasteiger partial charge in [0.15, 0.2) is 0 Å². The summed E-state index contributed by atoms with van der Waals surface area (Å²) < 4.78 is 5.47. The van der Waals surface area contributed by atoms with Gasteiger partial charge < -0.3 is 10.1 Å². The molecule has 4 heteroatoms. The van der Waals surface area contributed by atoms with Crippen molar-refractivity contribution in [3.05, 3.63) is 35.9 Å². The fourth-order valence-corrected chi connectivity index (χ4v) is 2.94. The molecular weight excluding hydrogens is 326 g/mol. The van der Waals surface area contributed by atoms with Gasteiger partial charge in [0.1, 0.15) is 0 Å². The summed E-state index contributed by atoms with van der Waals surface area (Å²) in [6.45, 7) is 4.59. The Bertz CT molecular complexity index is 501. The van der Waals surface area contributed by atoms with E-state index in [0.717, 1.165) is 19.3 Å². The first kappa shape index (κ1) is 22.2. The molecule has 1 atom stereocenters. The smallest absolute Gasteiger partial charge is 0.306 e. The number of benzene rings is 1. The number of unbranched alkanes of at least 4 members (excludes halogenated alkanes) is 8. The maximum absolute atomic E-state index is 12.2. The van der Waals surface area contributed by atoms with Crippen molar-refractivity contribution in [3.63, 3.8) is 0 Å². The second-order valence-electron chi connectivity index (χ2n) is 6.75. The highest BCUT2D eigenvalue weighted by molar-refractivity contribution is 5.84. The molecule has 0 saturated carbocycles. The minimum absolute atomic E-state index is 0.265. The van der Waals surface area contributed by atoms with E-state index in [2.05, 4.69) is 12.2 Å². The predicted molar refractivity (Wildman–Crippen MR) is 106 cm³/mol. The molecule has 146 valence electrons. The van der Waals surface area contributed by atoms with Gasteiger partial charge in [0, 0.05) is 18.5 Å². The van der Waals surface area contributed by atoms with Crippen molar-refractivity contribution in [3.8, 4) is 0 Å². The first-order chi connectivity index (χ1) is 12.7. The Morgan fingerprint density at radius 3 is 2.04 bits per heavy atom. The van der Waals surface area contributed by atoms with E-state index in [0.29, 0.717) is 18.5 Å². The SMILES string of the molecule is CCCCCCCCCCCC(=O)OC(C(=O)NCC)c1ccccc1. The Labute approximate surface area is 158 Å². The van der Waals surface area contributed by atoms with Crippen LogP contribution in [0.5, 0.6) is 0 Å². The standard InChI is InChI=1S/C22H35NO3/c1-3-5-6-7-8-9-10-11-15-18-20(24)26-21(22(25)23-4-2)19-16-13-12-14-17-19/h12-14,16-17,21H,3-11,15,18H2,1-2H3,(H,23,25). The Morgan fingerprint density at radius 2 is 1.46 bits per heavy atom. The molecule has 4 nitrogen and oxygen atoms in total. The lowest BCUT2D eigenvalue weighted by Crippen LogP contribution is -2.31. The van der Waals surface area contributed by atoms with Gasteiger partial charge in [0.05, 0.1) is 0 Å². The maximum atomic E-state index is 12.2. The second-order valence-corrected chi connectivity index (χ2v) is 6.75. The fourth-order valence-electron chi connectivity index (χ4n) is 2.94. The van der Waals surface area contributed by atoms with Crippen LogP contribution in [0.4, 0.5) is 0 Å². The van der Waals surface area contributed by atoms with Crippen molar-refractivity contribution in [2.45, 2.75) is 84.2 Å². The van der Waals surface area contributed by atoms with Crippen LogP contribution in [0.3, 0.4) is 0 Å². The molecule has 0 spiro atoms. The number of nitrogens with one attached hydrogen (secondary N) is 1. The number of hydrogen-bond acceptors (Lipinski definition) is 3. The molecule has 0 aliphatic carbocycles. The van der Waals surface area contributed by atoms with Gasteiger partial charge in [-0.1, -0.05) is 88.6 Å². The lowest BCUT2D eigenvalue weighted by atomic mass is 10.1. The van der Waals surface area contributed by atoms with E-state index in [1.807, 2.05) is 37.3 Å². The highest BCUT2D eigenvalue weighted by Gasteiger charge is 2.24. The van der Waals surface area contributed by atoms with E-state index in [9.17, 15) is 9.59 Å². The van der Waals surface area contributed by atoms with Crippen molar-refractivity contribution >= 4 is 11.9 Å². The number of carbonyl (C=O) groups is 2. The Hall–Kier alpha value is -1.84. The van der Waals surface area contributed by atoms with Crippen molar-refractivity contribution < 1.29 is 14.3 Å². The summed E-state index contributed by atoms with van der Waals surface area (Å²) in [5, 5.41) is 2.74. The van der Waals surface area contributed by atoms with Crippen LogP contribution < -0.4 is 5.32 Å². The highest BCUT2D eigenvalue weighted by Crippen LogP contribution is 2.19. The van der Waals surface area contributed by atoms with Crippen molar-refractivity contribution in [1.82, 2.24) is 5.32 Å². The molecule has 0 bridgehead atoms. The molecule has 1 aromatic rings. The average Bonchev–Trinajstić information content (AvgIpc) is 2.65. The second kappa shape index (κ2) is 14.3. The van der Waals surface area contributed by atoms with Crippen LogP contribution in [0.2, 0.25) is 0 Å². The van der Waals surface area contributed by atoms with Crippen molar-refractivity contribution in [1.29, 1.82) is 0 Å². The van der Waals surface area contributed by atoms with Crippen molar-refractivity contribution in [2.24, 2.45) is 0 Å². The lowest BCUT2D eigenvalue weighted by Gasteiger charge is -2.17. The first-order valence-corrected chi connectivity index (χ1v) is 10.2. The van der Waals surface area contributed by atoms with Gasteiger partial charge in [-0.2, -0.15) is 0 Å².